The molecule has 8 heteroatoms. The molecule has 1 aliphatic rings. The molecule has 4 rings (SSSR count). The Morgan fingerprint density at radius 1 is 1.16 bits per heavy atom. The van der Waals surface area contributed by atoms with Crippen molar-refractivity contribution in [3.8, 4) is 0 Å². The molecule has 0 N–H and O–H groups in total. The van der Waals surface area contributed by atoms with E-state index in [0.29, 0.717) is 26.4 Å². The quantitative estimate of drug-likeness (QED) is 0.293. The molecule has 0 saturated carbocycles. The van der Waals surface area contributed by atoms with Crippen LogP contribution in [0.1, 0.15) is 63.1 Å². The fraction of sp³-hybridized carbons (Fsp3) is 0.375. The highest BCUT2D eigenvalue weighted by Gasteiger charge is 2.23. The van der Waals surface area contributed by atoms with Gasteiger partial charge in [-0.3, -0.25) is 9.69 Å². The first-order valence-corrected chi connectivity index (χ1v) is 12.7. The van der Waals surface area contributed by atoms with Gasteiger partial charge < -0.3 is 4.74 Å². The number of aromatic nitrogens is 1. The van der Waals surface area contributed by atoms with E-state index in [4.69, 9.17) is 16.3 Å². The van der Waals surface area contributed by atoms with Crippen LogP contribution in [0.25, 0.3) is 0 Å². The molecule has 1 aliphatic carbocycles. The number of thiazole rings is 1. The maximum absolute atomic E-state index is 12.6. The number of esters is 1. The highest BCUT2D eigenvalue weighted by Crippen LogP contribution is 2.37. The zero-order valence-corrected chi connectivity index (χ0v) is 20.8. The van der Waals surface area contributed by atoms with Gasteiger partial charge in [0, 0.05) is 17.2 Å². The number of carbonyl (C=O) groups excluding carboxylic acids is 2. The minimum absolute atomic E-state index is 0.0598. The molecular formula is C24H25ClN2O3S2. The Morgan fingerprint density at radius 3 is 2.69 bits per heavy atom. The number of hydrogen-bond acceptors (Lipinski definition) is 6. The largest absolute Gasteiger partial charge is 0.455 e. The van der Waals surface area contributed by atoms with Crippen molar-refractivity contribution in [2.45, 2.75) is 59.5 Å². The van der Waals surface area contributed by atoms with Crippen LogP contribution in [-0.2, 0) is 29.0 Å². The van der Waals surface area contributed by atoms with E-state index in [1.807, 2.05) is 32.0 Å². The lowest BCUT2D eigenvalue weighted by Crippen LogP contribution is -2.24. The van der Waals surface area contributed by atoms with E-state index in [2.05, 4.69) is 4.98 Å². The fourth-order valence-corrected chi connectivity index (χ4v) is 6.43. The summed E-state index contributed by atoms with van der Waals surface area (Å²) >= 11 is 9.34. The minimum Gasteiger partial charge on any atom is -0.455 e. The molecule has 2 aromatic heterocycles. The smallest absolute Gasteiger partial charge is 0.348 e. The Hall–Kier alpha value is -2.22. The van der Waals surface area contributed by atoms with Gasteiger partial charge in [0.1, 0.15) is 11.5 Å². The summed E-state index contributed by atoms with van der Waals surface area (Å²) in [5.74, 6) is -0.504. The van der Waals surface area contributed by atoms with Crippen LogP contribution in [0.15, 0.2) is 23.6 Å². The zero-order valence-electron chi connectivity index (χ0n) is 18.4. The summed E-state index contributed by atoms with van der Waals surface area (Å²) in [6, 6.07) is 5.80. The summed E-state index contributed by atoms with van der Waals surface area (Å²) in [6.45, 7) is 5.42. The summed E-state index contributed by atoms with van der Waals surface area (Å²) in [6.07, 6.45) is 5.69. The van der Waals surface area contributed by atoms with E-state index in [9.17, 15) is 9.59 Å². The fourth-order valence-electron chi connectivity index (χ4n) is 4.02. The molecule has 0 atom stereocenters. The molecule has 1 amide bonds. The van der Waals surface area contributed by atoms with Crippen LogP contribution in [-0.4, -0.2) is 16.9 Å². The summed E-state index contributed by atoms with van der Waals surface area (Å²) in [5, 5.41) is 2.80. The van der Waals surface area contributed by atoms with E-state index in [-0.39, 0.29) is 18.5 Å². The van der Waals surface area contributed by atoms with Crippen LogP contribution in [0.3, 0.4) is 0 Å². The van der Waals surface area contributed by atoms with Crippen molar-refractivity contribution >= 4 is 57.0 Å². The summed E-state index contributed by atoms with van der Waals surface area (Å²) in [7, 11) is 0. The first-order chi connectivity index (χ1) is 15.3. The first-order valence-electron chi connectivity index (χ1n) is 10.6. The second kappa shape index (κ2) is 9.73. The topological polar surface area (TPSA) is 59.5 Å². The molecule has 3 aromatic rings. The van der Waals surface area contributed by atoms with Crippen LogP contribution < -0.4 is 4.90 Å². The maximum atomic E-state index is 12.6. The summed E-state index contributed by atoms with van der Waals surface area (Å²) < 4.78 is 5.53. The molecule has 32 heavy (non-hydrogen) atoms. The number of hydrogen-bond donors (Lipinski definition) is 0. The van der Waals surface area contributed by atoms with Gasteiger partial charge in [0.05, 0.1) is 16.4 Å². The Bertz CT molecular complexity index is 1120. The Morgan fingerprint density at radius 2 is 1.94 bits per heavy atom. The van der Waals surface area contributed by atoms with Crippen molar-refractivity contribution in [1.29, 1.82) is 0 Å². The molecule has 0 radical (unpaired) electrons. The van der Waals surface area contributed by atoms with E-state index in [1.165, 1.54) is 52.9 Å². The van der Waals surface area contributed by atoms with Gasteiger partial charge >= 0.3 is 5.97 Å². The van der Waals surface area contributed by atoms with Crippen molar-refractivity contribution in [1.82, 2.24) is 4.98 Å². The lowest BCUT2D eigenvalue weighted by atomic mass is 10.1. The zero-order chi connectivity index (χ0) is 22.8. The monoisotopic (exact) mass is 488 g/mol. The van der Waals surface area contributed by atoms with Gasteiger partial charge in [0.15, 0.2) is 5.13 Å². The molecule has 168 valence electrons. The number of benzene rings is 1. The average molecular weight is 489 g/mol. The van der Waals surface area contributed by atoms with E-state index in [1.54, 1.807) is 16.7 Å². The molecule has 2 heterocycles. The molecule has 0 spiro atoms. The third-order valence-electron chi connectivity index (χ3n) is 5.47. The van der Waals surface area contributed by atoms with Crippen LogP contribution in [0.5, 0.6) is 0 Å². The number of halogens is 1. The second-order valence-electron chi connectivity index (χ2n) is 8.08. The number of carbonyl (C=O) groups is 2. The number of rotatable bonds is 5. The molecule has 0 bridgehead atoms. The van der Waals surface area contributed by atoms with Crippen molar-refractivity contribution in [2.75, 3.05) is 4.90 Å². The predicted octanol–water partition coefficient (Wildman–Crippen LogP) is 6.79. The molecule has 0 unspecified atom stereocenters. The van der Waals surface area contributed by atoms with Gasteiger partial charge in [0.2, 0.25) is 5.91 Å². The van der Waals surface area contributed by atoms with Gasteiger partial charge in [-0.2, -0.15) is 0 Å². The van der Waals surface area contributed by atoms with E-state index >= 15 is 0 Å². The molecular weight excluding hydrogens is 464 g/mol. The summed E-state index contributed by atoms with van der Waals surface area (Å²) in [4.78, 5) is 33.1. The van der Waals surface area contributed by atoms with Gasteiger partial charge in [0.25, 0.3) is 0 Å². The summed E-state index contributed by atoms with van der Waals surface area (Å²) in [5.41, 5.74) is 4.44. The van der Waals surface area contributed by atoms with Crippen molar-refractivity contribution in [3.63, 3.8) is 0 Å². The normalized spacial score (nSPS) is 13.4. The standard InChI is InChI=1S/C24H25ClN2O3S2/c1-14-9-15(2)22(19(25)10-14)27(16(3)28)24-26-18(13-31-24)12-30-23(29)21-11-17-7-5-4-6-8-20(17)32-21/h9-11,13H,4-8,12H2,1-3H3. The SMILES string of the molecule is CC(=O)N(c1nc(COC(=O)c2cc3c(s2)CCCCC3)cs1)c1c(C)cc(C)cc1Cl. The van der Waals surface area contributed by atoms with Crippen LogP contribution in [0, 0.1) is 13.8 Å². The van der Waals surface area contributed by atoms with Crippen LogP contribution in [0.2, 0.25) is 5.02 Å². The predicted molar refractivity (Wildman–Crippen MR) is 131 cm³/mol. The van der Waals surface area contributed by atoms with E-state index < -0.39 is 0 Å². The van der Waals surface area contributed by atoms with Crippen LogP contribution >= 0.6 is 34.3 Å². The number of amides is 1. The molecule has 0 fully saturated rings. The Balaban J connectivity index is 1.48. The van der Waals surface area contributed by atoms with Crippen LogP contribution in [0.4, 0.5) is 10.8 Å². The first kappa shape index (κ1) is 23.0. The van der Waals surface area contributed by atoms with Gasteiger partial charge in [-0.1, -0.05) is 24.1 Å². The highest BCUT2D eigenvalue weighted by atomic mass is 35.5. The number of ether oxygens (including phenoxy) is 1. The molecule has 0 aliphatic heterocycles. The van der Waals surface area contributed by atoms with Gasteiger partial charge in [-0.25, -0.2) is 9.78 Å². The minimum atomic E-state index is -0.321. The van der Waals surface area contributed by atoms with Crippen molar-refractivity contribution < 1.29 is 14.3 Å². The number of anilines is 2. The highest BCUT2D eigenvalue weighted by molar-refractivity contribution is 7.14. The van der Waals surface area contributed by atoms with Crippen molar-refractivity contribution in [3.05, 3.63) is 60.7 Å². The number of thiophene rings is 1. The Kier molecular flexibility index (Phi) is 6.98. The second-order valence-corrected chi connectivity index (χ2v) is 10.5. The van der Waals surface area contributed by atoms with Gasteiger partial charge in [-0.15, -0.1) is 22.7 Å². The lowest BCUT2D eigenvalue weighted by Gasteiger charge is -2.22. The van der Waals surface area contributed by atoms with Crippen molar-refractivity contribution in [2.24, 2.45) is 0 Å². The maximum Gasteiger partial charge on any atom is 0.348 e. The molecule has 1 aromatic carbocycles. The Labute approximate surface area is 201 Å². The lowest BCUT2D eigenvalue weighted by molar-refractivity contribution is -0.115. The number of nitrogens with zero attached hydrogens (tertiary/aromatic N) is 2. The average Bonchev–Trinajstić information content (AvgIpc) is 3.30. The third-order valence-corrected chi connectivity index (χ3v) is 7.85. The molecule has 0 saturated heterocycles. The number of fused-ring (bicyclic) bond motifs is 1. The molecule has 5 nitrogen and oxygen atoms in total. The van der Waals surface area contributed by atoms with E-state index in [0.717, 1.165) is 24.0 Å². The number of aryl methyl sites for hydroxylation is 4. The van der Waals surface area contributed by atoms with Gasteiger partial charge in [-0.05, 0) is 68.4 Å². The third kappa shape index (κ3) is 4.90.